The van der Waals surface area contributed by atoms with E-state index in [2.05, 4.69) is 47.4 Å². The maximum absolute atomic E-state index is 12.7. The number of carbonyl (C=O) groups excluding carboxylic acids is 1. The molecule has 4 aromatic rings. The van der Waals surface area contributed by atoms with E-state index >= 15 is 0 Å². The summed E-state index contributed by atoms with van der Waals surface area (Å²) in [7, 11) is 0. The third-order valence-corrected chi connectivity index (χ3v) is 4.76. The van der Waals surface area contributed by atoms with Crippen LogP contribution in [0.1, 0.15) is 27.0 Å². The maximum Gasteiger partial charge on any atom is 0.261 e. The molecule has 2 heterocycles. The smallest absolute Gasteiger partial charge is 0.261 e. The molecule has 2 aromatic heterocycles. The molecule has 0 radical (unpaired) electrons. The summed E-state index contributed by atoms with van der Waals surface area (Å²) >= 11 is 0. The van der Waals surface area contributed by atoms with E-state index in [0.717, 1.165) is 22.5 Å². The second-order valence-corrected chi connectivity index (χ2v) is 6.74. The van der Waals surface area contributed by atoms with Gasteiger partial charge in [0.05, 0.1) is 11.9 Å². The quantitative estimate of drug-likeness (QED) is 0.585. The van der Waals surface area contributed by atoms with Crippen LogP contribution in [0.25, 0.3) is 16.9 Å². The molecule has 0 fully saturated rings. The Hall–Kier alpha value is -3.47. The SMILES string of the molecule is Cc1ccc(NC(=O)c2cnn3c(-c4ccc(C)c(C)c4)ccnc23)cc1. The van der Waals surface area contributed by atoms with E-state index in [4.69, 9.17) is 0 Å². The summed E-state index contributed by atoms with van der Waals surface area (Å²) in [5.41, 5.74) is 7.26. The molecule has 5 nitrogen and oxygen atoms in total. The summed E-state index contributed by atoms with van der Waals surface area (Å²) < 4.78 is 1.72. The van der Waals surface area contributed by atoms with Crippen LogP contribution in [0.4, 0.5) is 5.69 Å². The Balaban J connectivity index is 1.72. The second kappa shape index (κ2) is 6.68. The van der Waals surface area contributed by atoms with E-state index in [1.165, 1.54) is 11.1 Å². The highest BCUT2D eigenvalue weighted by Crippen LogP contribution is 2.23. The normalized spacial score (nSPS) is 10.9. The lowest BCUT2D eigenvalue weighted by atomic mass is 10.0. The van der Waals surface area contributed by atoms with Crippen molar-refractivity contribution in [2.45, 2.75) is 20.8 Å². The van der Waals surface area contributed by atoms with Crippen LogP contribution < -0.4 is 5.32 Å². The average Bonchev–Trinajstić information content (AvgIpc) is 3.10. The van der Waals surface area contributed by atoms with E-state index in [1.807, 2.05) is 37.3 Å². The van der Waals surface area contributed by atoms with Crippen molar-refractivity contribution in [1.29, 1.82) is 0 Å². The highest BCUT2D eigenvalue weighted by atomic mass is 16.1. The van der Waals surface area contributed by atoms with Gasteiger partial charge in [0.1, 0.15) is 5.56 Å². The zero-order chi connectivity index (χ0) is 19.0. The summed E-state index contributed by atoms with van der Waals surface area (Å²) in [6.45, 7) is 6.18. The number of carbonyl (C=O) groups is 1. The van der Waals surface area contributed by atoms with Crippen LogP contribution in [0.15, 0.2) is 60.9 Å². The molecule has 0 spiro atoms. The lowest BCUT2D eigenvalue weighted by Crippen LogP contribution is -2.12. The van der Waals surface area contributed by atoms with Gasteiger partial charge >= 0.3 is 0 Å². The molecule has 0 aliphatic heterocycles. The van der Waals surface area contributed by atoms with Crippen molar-refractivity contribution < 1.29 is 4.79 Å². The minimum Gasteiger partial charge on any atom is -0.322 e. The highest BCUT2D eigenvalue weighted by Gasteiger charge is 2.16. The number of anilines is 1. The van der Waals surface area contributed by atoms with Gasteiger partial charge in [-0.25, -0.2) is 9.50 Å². The van der Waals surface area contributed by atoms with Crippen LogP contribution in [0.3, 0.4) is 0 Å². The molecule has 1 N–H and O–H groups in total. The summed E-state index contributed by atoms with van der Waals surface area (Å²) in [6.07, 6.45) is 3.28. The van der Waals surface area contributed by atoms with Crippen molar-refractivity contribution >= 4 is 17.2 Å². The molecule has 0 saturated heterocycles. The summed E-state index contributed by atoms with van der Waals surface area (Å²) in [5.74, 6) is -0.224. The van der Waals surface area contributed by atoms with Gasteiger partial charge < -0.3 is 5.32 Å². The molecule has 5 heteroatoms. The van der Waals surface area contributed by atoms with Crippen molar-refractivity contribution in [3.05, 3.63) is 83.2 Å². The van der Waals surface area contributed by atoms with Crippen molar-refractivity contribution in [2.75, 3.05) is 5.32 Å². The lowest BCUT2D eigenvalue weighted by Gasteiger charge is -2.08. The number of amides is 1. The monoisotopic (exact) mass is 356 g/mol. The second-order valence-electron chi connectivity index (χ2n) is 6.74. The van der Waals surface area contributed by atoms with Gasteiger partial charge in [0.2, 0.25) is 0 Å². The van der Waals surface area contributed by atoms with Gasteiger partial charge in [0.25, 0.3) is 5.91 Å². The summed E-state index contributed by atoms with van der Waals surface area (Å²) in [4.78, 5) is 17.1. The maximum atomic E-state index is 12.7. The van der Waals surface area contributed by atoms with Gasteiger partial charge in [-0.1, -0.05) is 29.8 Å². The largest absolute Gasteiger partial charge is 0.322 e. The van der Waals surface area contributed by atoms with E-state index in [1.54, 1.807) is 16.9 Å². The molecule has 2 aromatic carbocycles. The number of hydrogen-bond acceptors (Lipinski definition) is 3. The molecule has 0 atom stereocenters. The van der Waals surface area contributed by atoms with Gasteiger partial charge in [0, 0.05) is 17.4 Å². The first kappa shape index (κ1) is 17.0. The fourth-order valence-electron chi connectivity index (χ4n) is 3.01. The molecule has 27 heavy (non-hydrogen) atoms. The van der Waals surface area contributed by atoms with E-state index < -0.39 is 0 Å². The number of fused-ring (bicyclic) bond motifs is 1. The van der Waals surface area contributed by atoms with E-state index in [-0.39, 0.29) is 5.91 Å². The molecule has 0 unspecified atom stereocenters. The van der Waals surface area contributed by atoms with Gasteiger partial charge in [-0.15, -0.1) is 0 Å². The zero-order valence-corrected chi connectivity index (χ0v) is 15.5. The first-order valence-corrected chi connectivity index (χ1v) is 8.81. The lowest BCUT2D eigenvalue weighted by molar-refractivity contribution is 0.102. The molecular formula is C22H20N4O. The molecule has 0 saturated carbocycles. The number of hydrogen-bond donors (Lipinski definition) is 1. The molecule has 0 aliphatic carbocycles. The Morgan fingerprint density at radius 3 is 2.48 bits per heavy atom. The first-order chi connectivity index (χ1) is 13.0. The Morgan fingerprint density at radius 2 is 1.74 bits per heavy atom. The van der Waals surface area contributed by atoms with Crippen LogP contribution >= 0.6 is 0 Å². The van der Waals surface area contributed by atoms with Crippen LogP contribution in [-0.2, 0) is 0 Å². The third kappa shape index (κ3) is 3.19. The van der Waals surface area contributed by atoms with Crippen molar-refractivity contribution in [1.82, 2.24) is 14.6 Å². The Morgan fingerprint density at radius 1 is 0.963 bits per heavy atom. The fourth-order valence-corrected chi connectivity index (χ4v) is 3.01. The number of aromatic nitrogens is 3. The zero-order valence-electron chi connectivity index (χ0n) is 15.5. The van der Waals surface area contributed by atoms with E-state index in [0.29, 0.717) is 11.2 Å². The Kier molecular flexibility index (Phi) is 4.20. The summed E-state index contributed by atoms with van der Waals surface area (Å²) in [5, 5.41) is 7.32. The minimum absolute atomic E-state index is 0.224. The molecule has 0 bridgehead atoms. The van der Waals surface area contributed by atoms with Gasteiger partial charge in [-0.3, -0.25) is 4.79 Å². The van der Waals surface area contributed by atoms with Crippen molar-refractivity contribution in [3.8, 4) is 11.3 Å². The fraction of sp³-hybridized carbons (Fsp3) is 0.136. The number of benzene rings is 2. The van der Waals surface area contributed by atoms with Crippen LogP contribution in [0.5, 0.6) is 0 Å². The number of rotatable bonds is 3. The molecule has 1 amide bonds. The van der Waals surface area contributed by atoms with E-state index in [9.17, 15) is 4.79 Å². The average molecular weight is 356 g/mol. The molecule has 134 valence electrons. The van der Waals surface area contributed by atoms with Crippen LogP contribution in [0.2, 0.25) is 0 Å². The Labute approximate surface area is 157 Å². The topological polar surface area (TPSA) is 59.3 Å². The number of nitrogens with one attached hydrogen (secondary N) is 1. The van der Waals surface area contributed by atoms with Gasteiger partial charge in [0.15, 0.2) is 5.65 Å². The molecular weight excluding hydrogens is 336 g/mol. The van der Waals surface area contributed by atoms with Gasteiger partial charge in [-0.2, -0.15) is 5.10 Å². The Bertz CT molecular complexity index is 1140. The van der Waals surface area contributed by atoms with Crippen molar-refractivity contribution in [3.63, 3.8) is 0 Å². The first-order valence-electron chi connectivity index (χ1n) is 8.81. The van der Waals surface area contributed by atoms with Crippen LogP contribution in [-0.4, -0.2) is 20.5 Å². The van der Waals surface area contributed by atoms with Gasteiger partial charge in [-0.05, 0) is 56.2 Å². The summed E-state index contributed by atoms with van der Waals surface area (Å²) in [6, 6.07) is 15.9. The highest BCUT2D eigenvalue weighted by molar-refractivity contribution is 6.08. The number of aryl methyl sites for hydroxylation is 3. The van der Waals surface area contributed by atoms with Crippen molar-refractivity contribution in [2.24, 2.45) is 0 Å². The third-order valence-electron chi connectivity index (χ3n) is 4.76. The predicted molar refractivity (Wildman–Crippen MR) is 107 cm³/mol. The molecule has 0 aliphatic rings. The number of nitrogens with zero attached hydrogens (tertiary/aromatic N) is 3. The minimum atomic E-state index is -0.224. The van der Waals surface area contributed by atoms with Crippen LogP contribution in [0, 0.1) is 20.8 Å². The predicted octanol–water partition coefficient (Wildman–Crippen LogP) is 4.57. The molecule has 4 rings (SSSR count). The standard InChI is InChI=1S/C22H20N4O/c1-14-4-8-18(9-5-14)25-22(27)19-13-24-26-20(10-11-23-21(19)26)17-7-6-15(2)16(3)12-17/h4-13H,1-3H3,(H,25,27).